The number of allylic oxidation sites excluding steroid dienone is 4. The van der Waals surface area contributed by atoms with Crippen molar-refractivity contribution in [3.8, 4) is 0 Å². The molecule has 0 aromatic heterocycles. The number of carbonyl (C=O) groups is 4. The van der Waals surface area contributed by atoms with Crippen LogP contribution in [-0.4, -0.2) is 50.9 Å². The molecule has 180 valence electrons. The summed E-state index contributed by atoms with van der Waals surface area (Å²) in [6.45, 7) is 6.46. The van der Waals surface area contributed by atoms with E-state index in [4.69, 9.17) is 27.9 Å². The molecule has 4 aliphatic rings. The third kappa shape index (κ3) is 2.90. The lowest BCUT2D eigenvalue weighted by molar-refractivity contribution is -0.195. The molecule has 0 aromatic carbocycles. The van der Waals surface area contributed by atoms with Crippen molar-refractivity contribution < 1.29 is 29.0 Å². The second-order valence-corrected chi connectivity index (χ2v) is 11.6. The molecule has 0 radical (unpaired) electrons. The topological polar surface area (TPSA) is 97.7 Å². The van der Waals surface area contributed by atoms with Crippen molar-refractivity contribution in [2.75, 3.05) is 6.61 Å². The maximum Gasteiger partial charge on any atom is 0.306 e. The average molecular weight is 497 g/mol. The Labute approximate surface area is 203 Å². The highest BCUT2D eigenvalue weighted by Crippen LogP contribution is 2.72. The van der Waals surface area contributed by atoms with Crippen LogP contribution < -0.4 is 0 Å². The summed E-state index contributed by atoms with van der Waals surface area (Å²) in [5.74, 6) is -2.55. The highest BCUT2D eigenvalue weighted by molar-refractivity contribution is 6.35. The molecule has 4 rings (SSSR count). The Balaban J connectivity index is 1.89. The summed E-state index contributed by atoms with van der Waals surface area (Å²) < 4.78 is 5.91. The summed E-state index contributed by atoms with van der Waals surface area (Å²) in [4.78, 5) is 50.0. The molecular weight excluding hydrogens is 467 g/mol. The lowest BCUT2D eigenvalue weighted by Crippen LogP contribution is -2.69. The van der Waals surface area contributed by atoms with Crippen LogP contribution in [0.1, 0.15) is 53.4 Å². The van der Waals surface area contributed by atoms with Gasteiger partial charge in [0.25, 0.3) is 0 Å². The van der Waals surface area contributed by atoms with E-state index in [1.807, 2.05) is 20.8 Å². The zero-order valence-electron chi connectivity index (χ0n) is 19.3. The zero-order valence-corrected chi connectivity index (χ0v) is 20.8. The van der Waals surface area contributed by atoms with Crippen molar-refractivity contribution in [3.05, 3.63) is 23.8 Å². The fourth-order valence-electron chi connectivity index (χ4n) is 7.53. The lowest BCUT2D eigenvalue weighted by Gasteiger charge is -2.63. The zero-order chi connectivity index (χ0) is 24.6. The molecule has 8 heteroatoms. The number of aliphatic hydroxyl groups is 1. The first-order valence-corrected chi connectivity index (χ1v) is 12.3. The molecule has 8 atom stereocenters. The van der Waals surface area contributed by atoms with Gasteiger partial charge in [-0.2, -0.15) is 0 Å². The number of fused-ring (bicyclic) bond motifs is 5. The predicted molar refractivity (Wildman–Crippen MR) is 123 cm³/mol. The van der Waals surface area contributed by atoms with Crippen LogP contribution in [-0.2, 0) is 23.9 Å². The summed E-state index contributed by atoms with van der Waals surface area (Å²) in [7, 11) is 0. The third-order valence-corrected chi connectivity index (χ3v) is 10.6. The Morgan fingerprint density at radius 1 is 1.24 bits per heavy atom. The van der Waals surface area contributed by atoms with Crippen molar-refractivity contribution in [1.82, 2.24) is 0 Å². The Morgan fingerprint density at radius 3 is 2.52 bits per heavy atom. The average Bonchev–Trinajstić information content (AvgIpc) is 2.98. The number of halogens is 2. The van der Waals surface area contributed by atoms with Gasteiger partial charge in [-0.25, -0.2) is 0 Å². The molecule has 1 N–H and O–H groups in total. The van der Waals surface area contributed by atoms with Gasteiger partial charge < -0.3 is 9.84 Å². The van der Waals surface area contributed by atoms with Crippen LogP contribution in [0.25, 0.3) is 0 Å². The molecule has 3 fully saturated rings. The molecule has 0 unspecified atom stereocenters. The van der Waals surface area contributed by atoms with E-state index in [1.165, 1.54) is 12.2 Å². The Hall–Kier alpha value is -1.50. The van der Waals surface area contributed by atoms with Gasteiger partial charge in [0.1, 0.15) is 6.61 Å². The summed E-state index contributed by atoms with van der Waals surface area (Å²) >= 11 is 14.5. The SMILES string of the molecule is CCC(=O)O[C@]1(C(=O)CO)[C@H](C)C[C@H]2[C@@H]3CC(=O)C4=CC(=O)C=C[C@]4(C)[C@@]3(Cl)[C@@H](Cl)C[C@@]21C. The van der Waals surface area contributed by atoms with Crippen LogP contribution in [0.2, 0.25) is 0 Å². The highest BCUT2D eigenvalue weighted by Gasteiger charge is 2.76. The van der Waals surface area contributed by atoms with Crippen molar-refractivity contribution in [2.45, 2.75) is 69.2 Å². The summed E-state index contributed by atoms with van der Waals surface area (Å²) in [5.41, 5.74) is -3.05. The lowest BCUT2D eigenvalue weighted by atomic mass is 9.46. The Bertz CT molecular complexity index is 1000. The van der Waals surface area contributed by atoms with E-state index in [0.29, 0.717) is 12.0 Å². The molecule has 0 bridgehead atoms. The van der Waals surface area contributed by atoms with E-state index in [-0.39, 0.29) is 36.7 Å². The number of aliphatic hydroxyl groups excluding tert-OH is 1. The number of ketones is 3. The number of alkyl halides is 2. The van der Waals surface area contributed by atoms with Crippen LogP contribution in [0.5, 0.6) is 0 Å². The number of ether oxygens (including phenoxy) is 1. The molecule has 0 saturated heterocycles. The summed E-state index contributed by atoms with van der Waals surface area (Å²) in [5, 5.41) is 9.18. The van der Waals surface area contributed by atoms with Crippen LogP contribution in [0.3, 0.4) is 0 Å². The van der Waals surface area contributed by atoms with E-state index in [1.54, 1.807) is 13.0 Å². The monoisotopic (exact) mass is 496 g/mol. The van der Waals surface area contributed by atoms with Crippen LogP contribution in [0.4, 0.5) is 0 Å². The molecular formula is C25H30Cl2O6. The van der Waals surface area contributed by atoms with E-state index in [0.717, 1.165) is 0 Å². The molecule has 0 amide bonds. The maximum absolute atomic E-state index is 13.3. The van der Waals surface area contributed by atoms with E-state index >= 15 is 0 Å². The van der Waals surface area contributed by atoms with E-state index in [9.17, 15) is 24.3 Å². The molecule has 6 nitrogen and oxygen atoms in total. The third-order valence-electron chi connectivity index (χ3n) is 9.10. The van der Waals surface area contributed by atoms with Gasteiger partial charge in [0.05, 0.1) is 10.3 Å². The van der Waals surface area contributed by atoms with Gasteiger partial charge in [-0.3, -0.25) is 19.2 Å². The Morgan fingerprint density at radius 2 is 1.91 bits per heavy atom. The van der Waals surface area contributed by atoms with Crippen LogP contribution >= 0.6 is 23.2 Å². The molecule has 0 spiro atoms. The molecule has 0 aliphatic heterocycles. The van der Waals surface area contributed by atoms with E-state index in [2.05, 4.69) is 0 Å². The number of Topliss-reactive ketones (excluding diaryl/α,β-unsaturated/α-hetero) is 2. The first kappa shape index (κ1) is 24.6. The van der Waals surface area contributed by atoms with Gasteiger partial charge in [-0.1, -0.05) is 33.8 Å². The van der Waals surface area contributed by atoms with Crippen molar-refractivity contribution in [2.24, 2.45) is 28.6 Å². The minimum absolute atomic E-state index is 0.0879. The first-order valence-electron chi connectivity index (χ1n) is 11.5. The molecule has 4 aliphatic carbocycles. The fraction of sp³-hybridized carbons (Fsp3) is 0.680. The highest BCUT2D eigenvalue weighted by atomic mass is 35.5. The quantitative estimate of drug-likeness (QED) is 0.471. The van der Waals surface area contributed by atoms with Crippen LogP contribution in [0, 0.1) is 28.6 Å². The smallest absolute Gasteiger partial charge is 0.306 e. The minimum Gasteiger partial charge on any atom is -0.450 e. The molecule has 3 saturated carbocycles. The maximum atomic E-state index is 13.3. The molecule has 33 heavy (non-hydrogen) atoms. The largest absolute Gasteiger partial charge is 0.450 e. The second-order valence-electron chi connectivity index (χ2n) is 10.5. The molecule has 0 aromatic rings. The predicted octanol–water partition coefficient (Wildman–Crippen LogP) is 3.55. The number of carbonyl (C=O) groups excluding carboxylic acids is 4. The number of hydrogen-bond acceptors (Lipinski definition) is 6. The number of esters is 1. The van der Waals surface area contributed by atoms with Crippen LogP contribution in [0.15, 0.2) is 23.8 Å². The van der Waals surface area contributed by atoms with Crippen molar-refractivity contribution >= 4 is 46.5 Å². The molecule has 0 heterocycles. The normalized spacial score (nSPS) is 46.2. The fourth-order valence-corrected chi connectivity index (χ4v) is 8.71. The summed E-state index contributed by atoms with van der Waals surface area (Å²) in [6, 6.07) is 0. The van der Waals surface area contributed by atoms with Gasteiger partial charge in [-0.05, 0) is 36.8 Å². The van der Waals surface area contributed by atoms with Gasteiger partial charge in [-0.15, -0.1) is 23.2 Å². The standard InChI is InChI=1S/C25H30Cl2O6/c1-5-21(32)33-25(20(31)12-28)13(2)8-15-16-10-18(30)17-9-14(29)6-7-22(17,3)24(16,27)19(26)11-23(15,25)4/h6-7,9,13,15-16,19,28H,5,8,10-12H2,1-4H3/t13-,15+,16+,19+,22+,23+,24+,25+/m1/s1. The minimum atomic E-state index is -1.55. The Kier molecular flexibility index (Phi) is 5.79. The summed E-state index contributed by atoms with van der Waals surface area (Å²) in [6.07, 6.45) is 5.41. The number of hydrogen-bond donors (Lipinski definition) is 1. The van der Waals surface area contributed by atoms with E-state index < -0.39 is 56.9 Å². The van der Waals surface area contributed by atoms with Gasteiger partial charge in [0.15, 0.2) is 17.2 Å². The number of rotatable bonds is 4. The first-order chi connectivity index (χ1) is 15.3. The van der Waals surface area contributed by atoms with Crippen molar-refractivity contribution in [3.63, 3.8) is 0 Å². The van der Waals surface area contributed by atoms with Gasteiger partial charge in [0, 0.05) is 35.2 Å². The van der Waals surface area contributed by atoms with Crippen molar-refractivity contribution in [1.29, 1.82) is 0 Å². The second kappa shape index (κ2) is 7.76. The van der Waals surface area contributed by atoms with Gasteiger partial charge in [0.2, 0.25) is 5.78 Å². The van der Waals surface area contributed by atoms with Gasteiger partial charge >= 0.3 is 5.97 Å².